The van der Waals surface area contributed by atoms with Crippen LogP contribution in [-0.2, 0) is 15.4 Å². The first-order chi connectivity index (χ1) is 7.78. The van der Waals surface area contributed by atoms with Crippen LogP contribution in [0.4, 0.5) is 0 Å². The van der Waals surface area contributed by atoms with Crippen molar-refractivity contribution in [2.24, 2.45) is 5.73 Å². The third-order valence-corrected chi connectivity index (χ3v) is 5.49. The van der Waals surface area contributed by atoms with E-state index in [1.165, 1.54) is 18.0 Å². The molecule has 1 aliphatic rings. The summed E-state index contributed by atoms with van der Waals surface area (Å²) in [5, 5.41) is 0.465. The van der Waals surface area contributed by atoms with E-state index in [-0.39, 0.29) is 10.4 Å². The van der Waals surface area contributed by atoms with Crippen LogP contribution in [-0.4, -0.2) is 20.9 Å². The number of hydrogen-bond donors (Lipinski definition) is 1. The van der Waals surface area contributed by atoms with Crippen LogP contribution in [0.2, 0.25) is 5.02 Å². The molecule has 0 unspecified atom stereocenters. The molecule has 1 saturated carbocycles. The van der Waals surface area contributed by atoms with E-state index in [1.807, 2.05) is 6.26 Å². The number of sulfone groups is 1. The van der Waals surface area contributed by atoms with Gasteiger partial charge in [-0.25, -0.2) is 8.42 Å². The maximum absolute atomic E-state index is 11.8. The summed E-state index contributed by atoms with van der Waals surface area (Å²) in [4.78, 5) is 0.881. The van der Waals surface area contributed by atoms with Crippen molar-refractivity contribution < 1.29 is 8.42 Å². The van der Waals surface area contributed by atoms with Gasteiger partial charge in [0.15, 0.2) is 9.84 Å². The molecule has 1 fully saturated rings. The molecule has 6 heteroatoms. The molecule has 94 valence electrons. The molecular weight excluding hydrogens is 278 g/mol. The van der Waals surface area contributed by atoms with Gasteiger partial charge < -0.3 is 5.73 Å². The summed E-state index contributed by atoms with van der Waals surface area (Å²) in [7, 11) is -3.28. The quantitative estimate of drug-likeness (QED) is 0.869. The summed E-state index contributed by atoms with van der Waals surface area (Å²) in [6.07, 6.45) is 4.76. The lowest BCUT2D eigenvalue weighted by Crippen LogP contribution is -2.19. The first-order valence-electron chi connectivity index (χ1n) is 5.15. The van der Waals surface area contributed by atoms with E-state index in [0.717, 1.165) is 18.4 Å². The molecule has 1 aliphatic carbocycles. The average molecular weight is 292 g/mol. The Kier molecular flexibility index (Phi) is 3.23. The number of rotatable bonds is 3. The van der Waals surface area contributed by atoms with E-state index < -0.39 is 9.84 Å². The fourth-order valence-electron chi connectivity index (χ4n) is 1.75. The molecule has 0 amide bonds. The van der Waals surface area contributed by atoms with Crippen LogP contribution in [0.25, 0.3) is 0 Å². The highest BCUT2D eigenvalue weighted by Crippen LogP contribution is 2.45. The average Bonchev–Trinajstić information content (AvgIpc) is 2.95. The number of benzene rings is 1. The maximum atomic E-state index is 11.8. The molecule has 0 heterocycles. The summed E-state index contributed by atoms with van der Waals surface area (Å²) in [5.41, 5.74) is 6.53. The molecule has 0 atom stereocenters. The zero-order valence-electron chi connectivity index (χ0n) is 9.66. The van der Waals surface area contributed by atoms with Gasteiger partial charge in [-0.15, -0.1) is 11.8 Å². The fraction of sp³-hybridized carbons (Fsp3) is 0.455. The predicted octanol–water partition coefficient (Wildman–Crippen LogP) is 2.41. The second kappa shape index (κ2) is 4.16. The lowest BCUT2D eigenvalue weighted by molar-refractivity contribution is 0.599. The Morgan fingerprint density at radius 1 is 1.41 bits per heavy atom. The highest BCUT2D eigenvalue weighted by Gasteiger charge is 2.41. The summed E-state index contributed by atoms with van der Waals surface area (Å²) >= 11 is 7.47. The van der Waals surface area contributed by atoms with Crippen LogP contribution in [0.3, 0.4) is 0 Å². The van der Waals surface area contributed by atoms with Crippen molar-refractivity contribution in [3.8, 4) is 0 Å². The minimum Gasteiger partial charge on any atom is -0.321 e. The Balaban J connectivity index is 2.67. The van der Waals surface area contributed by atoms with E-state index in [0.29, 0.717) is 9.92 Å². The lowest BCUT2D eigenvalue weighted by atomic mass is 10.1. The lowest BCUT2D eigenvalue weighted by Gasteiger charge is -2.14. The summed E-state index contributed by atoms with van der Waals surface area (Å²) < 4.78 is 23.5. The van der Waals surface area contributed by atoms with Gasteiger partial charge in [-0.2, -0.15) is 0 Å². The van der Waals surface area contributed by atoms with Crippen LogP contribution in [0.1, 0.15) is 18.4 Å². The molecule has 0 bridgehead atoms. The van der Waals surface area contributed by atoms with Gasteiger partial charge in [0.25, 0.3) is 0 Å². The van der Waals surface area contributed by atoms with Gasteiger partial charge in [-0.3, -0.25) is 0 Å². The molecule has 3 nitrogen and oxygen atoms in total. The van der Waals surface area contributed by atoms with Crippen molar-refractivity contribution in [2.75, 3.05) is 12.5 Å². The van der Waals surface area contributed by atoms with E-state index in [9.17, 15) is 8.42 Å². The summed E-state index contributed by atoms with van der Waals surface area (Å²) in [5.74, 6) is 0. The van der Waals surface area contributed by atoms with Gasteiger partial charge in [0, 0.05) is 16.7 Å². The third-order valence-electron chi connectivity index (χ3n) is 2.98. The Hall–Kier alpha value is -0.230. The minimum absolute atomic E-state index is 0.282. The number of thioether (sulfide) groups is 1. The van der Waals surface area contributed by atoms with Gasteiger partial charge in [-0.1, -0.05) is 11.6 Å². The maximum Gasteiger partial charge on any atom is 0.176 e. The zero-order valence-corrected chi connectivity index (χ0v) is 12.0. The molecule has 2 rings (SSSR count). The molecule has 0 saturated heterocycles. The van der Waals surface area contributed by atoms with Crippen molar-refractivity contribution in [1.82, 2.24) is 0 Å². The second-order valence-corrected chi connectivity index (χ2v) is 7.63. The van der Waals surface area contributed by atoms with Crippen molar-refractivity contribution in [3.05, 3.63) is 22.7 Å². The molecule has 0 spiro atoms. The SMILES string of the molecule is CSc1c(Cl)cc(C2(N)CC2)cc1S(C)(=O)=O. The fourth-order valence-corrected chi connectivity index (χ4v) is 4.27. The molecule has 1 aromatic rings. The van der Waals surface area contributed by atoms with Crippen LogP contribution in [0, 0.1) is 0 Å². The Bertz CT molecular complexity index is 565. The van der Waals surface area contributed by atoms with Crippen LogP contribution >= 0.6 is 23.4 Å². The smallest absolute Gasteiger partial charge is 0.176 e. The van der Waals surface area contributed by atoms with E-state index in [1.54, 1.807) is 12.1 Å². The number of nitrogens with two attached hydrogens (primary N) is 1. The van der Waals surface area contributed by atoms with Crippen molar-refractivity contribution >= 4 is 33.2 Å². The van der Waals surface area contributed by atoms with E-state index in [4.69, 9.17) is 17.3 Å². The van der Waals surface area contributed by atoms with Gasteiger partial charge in [0.05, 0.1) is 9.92 Å². The van der Waals surface area contributed by atoms with Gasteiger partial charge in [0.2, 0.25) is 0 Å². The molecule has 0 radical (unpaired) electrons. The van der Waals surface area contributed by atoms with Crippen molar-refractivity contribution in [1.29, 1.82) is 0 Å². The van der Waals surface area contributed by atoms with Crippen molar-refractivity contribution in [2.45, 2.75) is 28.2 Å². The zero-order chi connectivity index (χ0) is 12.8. The Morgan fingerprint density at radius 3 is 2.41 bits per heavy atom. The number of hydrogen-bond acceptors (Lipinski definition) is 4. The van der Waals surface area contributed by atoms with Gasteiger partial charge in [-0.05, 0) is 36.8 Å². The van der Waals surface area contributed by atoms with E-state index >= 15 is 0 Å². The summed E-state index contributed by atoms with van der Waals surface area (Å²) in [6.45, 7) is 0. The second-order valence-electron chi connectivity index (χ2n) is 4.42. The monoisotopic (exact) mass is 291 g/mol. The Morgan fingerprint density at radius 2 is 2.00 bits per heavy atom. The van der Waals surface area contributed by atoms with Gasteiger partial charge in [0.1, 0.15) is 0 Å². The molecule has 17 heavy (non-hydrogen) atoms. The highest BCUT2D eigenvalue weighted by molar-refractivity contribution is 7.99. The number of halogens is 1. The predicted molar refractivity (Wildman–Crippen MR) is 71.4 cm³/mol. The largest absolute Gasteiger partial charge is 0.321 e. The summed E-state index contributed by atoms with van der Waals surface area (Å²) in [6, 6.07) is 3.45. The Labute approximate surface area is 111 Å². The van der Waals surface area contributed by atoms with Gasteiger partial charge >= 0.3 is 0 Å². The first-order valence-corrected chi connectivity index (χ1v) is 8.64. The van der Waals surface area contributed by atoms with Crippen LogP contribution in [0.15, 0.2) is 21.9 Å². The van der Waals surface area contributed by atoms with Crippen LogP contribution in [0.5, 0.6) is 0 Å². The molecular formula is C11H14ClNO2S2. The molecule has 2 N–H and O–H groups in total. The first kappa shape index (κ1) is 13.2. The van der Waals surface area contributed by atoms with Crippen LogP contribution < -0.4 is 5.73 Å². The minimum atomic E-state index is -3.28. The van der Waals surface area contributed by atoms with E-state index in [2.05, 4.69) is 0 Å². The standard InChI is InChI=1S/C11H14ClNO2S2/c1-16-10-8(12)5-7(11(13)3-4-11)6-9(10)17(2,14)15/h5-6H,3-4,13H2,1-2H3. The third kappa shape index (κ3) is 2.47. The van der Waals surface area contributed by atoms with Crippen molar-refractivity contribution in [3.63, 3.8) is 0 Å². The topological polar surface area (TPSA) is 60.2 Å². The normalized spacial score (nSPS) is 18.1. The highest BCUT2D eigenvalue weighted by atomic mass is 35.5. The molecule has 0 aliphatic heterocycles. The molecule has 0 aromatic heterocycles. The molecule has 1 aromatic carbocycles.